The number of hydrogen-bond acceptors (Lipinski definition) is 2. The Labute approximate surface area is 218 Å². The van der Waals surface area contributed by atoms with Crippen LogP contribution in [0.2, 0.25) is 0 Å². The molecule has 0 radical (unpaired) electrons. The van der Waals surface area contributed by atoms with Crippen molar-refractivity contribution in [3.63, 3.8) is 0 Å². The van der Waals surface area contributed by atoms with Crippen molar-refractivity contribution in [1.29, 1.82) is 5.41 Å². The molecule has 2 heteroatoms. The van der Waals surface area contributed by atoms with Crippen LogP contribution in [0.1, 0.15) is 32.8 Å². The molecule has 0 bridgehead atoms. The van der Waals surface area contributed by atoms with Gasteiger partial charge in [0.15, 0.2) is 0 Å². The highest BCUT2D eigenvalue weighted by Crippen LogP contribution is 2.34. The quantitative estimate of drug-likeness (QED) is 0.257. The van der Waals surface area contributed by atoms with Gasteiger partial charge in [-0.15, -0.1) is 6.58 Å². The number of allylic oxidation sites excluding steroid dienone is 18. The lowest BCUT2D eigenvalue weighted by Gasteiger charge is -2.28. The molecule has 0 aliphatic heterocycles. The molecule has 0 saturated heterocycles. The minimum atomic E-state index is -0.227. The average molecular weight is 477 g/mol. The van der Waals surface area contributed by atoms with Gasteiger partial charge < -0.3 is 11.1 Å². The van der Waals surface area contributed by atoms with Gasteiger partial charge in [-0.3, -0.25) is 0 Å². The Balaban J connectivity index is 0.000000360. The standard InChI is InChI=1S/C18H20.C16H20N2/c1-5-8-13-16(12-6-2)18(4,7-3)17-14-10-9-11-15-17;1-3-14(7-6-12-17)11-10-13(2)15-8-4-5-9-16(15)18/h5-15H,1-3H2,4H3;3-6,8-12,18H,7,17H2,1-2H3/b13-8-,16-12+;11-10-,12-6-,14-3-,15-13+,18-16?. The maximum Gasteiger partial charge on any atom is 0.0614 e. The van der Waals surface area contributed by atoms with Crippen LogP contribution in [-0.4, -0.2) is 5.71 Å². The van der Waals surface area contributed by atoms with Crippen molar-refractivity contribution in [1.82, 2.24) is 0 Å². The minimum Gasteiger partial charge on any atom is -0.405 e. The van der Waals surface area contributed by atoms with E-state index >= 15 is 0 Å². The number of rotatable bonds is 10. The first-order chi connectivity index (χ1) is 17.4. The predicted octanol–water partition coefficient (Wildman–Crippen LogP) is 8.80. The molecule has 0 heterocycles. The van der Waals surface area contributed by atoms with Crippen LogP contribution in [0.4, 0.5) is 0 Å². The molecular formula is C34H40N2. The van der Waals surface area contributed by atoms with Crippen LogP contribution >= 0.6 is 0 Å². The number of nitrogens with two attached hydrogens (primary N) is 1. The Hall–Kier alpha value is -4.17. The van der Waals surface area contributed by atoms with Gasteiger partial charge in [-0.1, -0.05) is 122 Å². The van der Waals surface area contributed by atoms with E-state index in [4.69, 9.17) is 11.1 Å². The Morgan fingerprint density at radius 2 is 1.69 bits per heavy atom. The molecule has 0 amide bonds. The van der Waals surface area contributed by atoms with Gasteiger partial charge in [0.25, 0.3) is 0 Å². The van der Waals surface area contributed by atoms with E-state index < -0.39 is 0 Å². The second-order valence-corrected chi connectivity index (χ2v) is 8.28. The lowest BCUT2D eigenvalue weighted by atomic mass is 9.75. The molecule has 0 saturated carbocycles. The van der Waals surface area contributed by atoms with Crippen LogP contribution in [0.5, 0.6) is 0 Å². The molecule has 2 rings (SSSR count). The maximum absolute atomic E-state index is 7.85. The van der Waals surface area contributed by atoms with E-state index in [1.165, 1.54) is 11.1 Å². The normalized spacial score (nSPS) is 17.1. The van der Waals surface area contributed by atoms with E-state index in [1.807, 2.05) is 86.7 Å². The first-order valence-corrected chi connectivity index (χ1v) is 12.0. The smallest absolute Gasteiger partial charge is 0.0614 e. The van der Waals surface area contributed by atoms with Crippen molar-refractivity contribution in [2.75, 3.05) is 0 Å². The largest absolute Gasteiger partial charge is 0.405 e. The highest BCUT2D eigenvalue weighted by molar-refractivity contribution is 6.10. The molecule has 1 aromatic rings. The minimum absolute atomic E-state index is 0.227. The van der Waals surface area contributed by atoms with Crippen molar-refractivity contribution in [2.24, 2.45) is 5.73 Å². The van der Waals surface area contributed by atoms with Gasteiger partial charge in [-0.05, 0) is 61.8 Å². The first kappa shape index (κ1) is 29.9. The molecular weight excluding hydrogens is 436 g/mol. The monoisotopic (exact) mass is 476 g/mol. The zero-order chi connectivity index (χ0) is 26.8. The highest BCUT2D eigenvalue weighted by atomic mass is 14.5. The lowest BCUT2D eigenvalue weighted by molar-refractivity contribution is 0.724. The summed E-state index contributed by atoms with van der Waals surface area (Å²) in [6, 6.07) is 10.3. The topological polar surface area (TPSA) is 49.9 Å². The molecule has 36 heavy (non-hydrogen) atoms. The first-order valence-electron chi connectivity index (χ1n) is 12.0. The van der Waals surface area contributed by atoms with Crippen molar-refractivity contribution >= 4 is 5.71 Å². The van der Waals surface area contributed by atoms with E-state index in [9.17, 15) is 0 Å². The molecule has 1 aromatic carbocycles. The van der Waals surface area contributed by atoms with Crippen LogP contribution in [-0.2, 0) is 5.41 Å². The fourth-order valence-electron chi connectivity index (χ4n) is 3.52. The van der Waals surface area contributed by atoms with Crippen molar-refractivity contribution in [3.8, 4) is 0 Å². The second kappa shape index (κ2) is 16.5. The van der Waals surface area contributed by atoms with E-state index in [2.05, 4.69) is 50.9 Å². The summed E-state index contributed by atoms with van der Waals surface area (Å²) in [5.41, 5.74) is 11.3. The average Bonchev–Trinajstić information content (AvgIpc) is 2.91. The number of hydrogen-bond donors (Lipinski definition) is 2. The van der Waals surface area contributed by atoms with E-state index in [-0.39, 0.29) is 5.41 Å². The highest BCUT2D eigenvalue weighted by Gasteiger charge is 2.25. The number of nitrogens with one attached hydrogen (secondary N) is 1. The molecule has 3 N–H and O–H groups in total. The van der Waals surface area contributed by atoms with Crippen LogP contribution in [0.25, 0.3) is 0 Å². The van der Waals surface area contributed by atoms with Crippen molar-refractivity contribution in [2.45, 2.75) is 32.6 Å². The predicted molar refractivity (Wildman–Crippen MR) is 161 cm³/mol. The Bertz CT molecular complexity index is 1140. The van der Waals surface area contributed by atoms with Gasteiger partial charge in [0, 0.05) is 11.0 Å². The molecule has 1 atom stereocenters. The summed E-state index contributed by atoms with van der Waals surface area (Å²) in [6.45, 7) is 17.7. The van der Waals surface area contributed by atoms with Gasteiger partial charge in [0.05, 0.1) is 5.71 Å². The lowest BCUT2D eigenvalue weighted by Crippen LogP contribution is -2.20. The van der Waals surface area contributed by atoms with Crippen molar-refractivity contribution in [3.05, 3.63) is 169 Å². The third kappa shape index (κ3) is 9.23. The van der Waals surface area contributed by atoms with Gasteiger partial charge in [-0.2, -0.15) is 0 Å². The summed E-state index contributed by atoms with van der Waals surface area (Å²) in [5, 5.41) is 7.85. The second-order valence-electron chi connectivity index (χ2n) is 8.28. The van der Waals surface area contributed by atoms with Crippen LogP contribution in [0.3, 0.4) is 0 Å². The third-order valence-corrected chi connectivity index (χ3v) is 5.85. The van der Waals surface area contributed by atoms with E-state index in [0.717, 1.165) is 23.1 Å². The molecule has 1 aliphatic carbocycles. The van der Waals surface area contributed by atoms with Crippen molar-refractivity contribution < 1.29 is 0 Å². The molecule has 1 unspecified atom stereocenters. The zero-order valence-corrected chi connectivity index (χ0v) is 22.0. The fraction of sp³-hybridized carbons (Fsp3) is 0.147. The van der Waals surface area contributed by atoms with Gasteiger partial charge in [-0.25, -0.2) is 0 Å². The summed E-state index contributed by atoms with van der Waals surface area (Å²) in [4.78, 5) is 0. The van der Waals surface area contributed by atoms with E-state index in [1.54, 1.807) is 24.4 Å². The summed E-state index contributed by atoms with van der Waals surface area (Å²) in [7, 11) is 0. The van der Waals surface area contributed by atoms with Crippen LogP contribution in [0, 0.1) is 5.41 Å². The molecule has 0 spiro atoms. The summed E-state index contributed by atoms with van der Waals surface area (Å²) < 4.78 is 0. The third-order valence-electron chi connectivity index (χ3n) is 5.85. The van der Waals surface area contributed by atoms with Gasteiger partial charge >= 0.3 is 0 Å². The summed E-state index contributed by atoms with van der Waals surface area (Å²) >= 11 is 0. The van der Waals surface area contributed by atoms with Gasteiger partial charge in [0.2, 0.25) is 0 Å². The summed E-state index contributed by atoms with van der Waals surface area (Å²) in [5.74, 6) is 0. The SMILES string of the molecule is C=C/C=C\C(=C/C=C)C(C)(C=C)c1ccccc1.C\C=C(/C=C\C(C)=C1/C=CC=CC1=N)C/C=C\N. The maximum atomic E-state index is 7.85. The zero-order valence-electron chi connectivity index (χ0n) is 22.0. The number of benzene rings is 1. The molecule has 186 valence electrons. The Morgan fingerprint density at radius 3 is 2.25 bits per heavy atom. The van der Waals surface area contributed by atoms with Gasteiger partial charge in [0.1, 0.15) is 0 Å². The van der Waals surface area contributed by atoms with Crippen LogP contribution < -0.4 is 5.73 Å². The fourth-order valence-corrected chi connectivity index (χ4v) is 3.52. The molecule has 0 fully saturated rings. The molecule has 1 aliphatic rings. The molecule has 0 aromatic heterocycles. The van der Waals surface area contributed by atoms with Crippen LogP contribution in [0.15, 0.2) is 164 Å². The Morgan fingerprint density at radius 1 is 1.00 bits per heavy atom. The molecule has 2 nitrogen and oxygen atoms in total. The summed E-state index contributed by atoms with van der Waals surface area (Å²) in [6.07, 6.45) is 29.6. The van der Waals surface area contributed by atoms with E-state index in [0.29, 0.717) is 5.71 Å². The Kier molecular flexibility index (Phi) is 13.6.